The van der Waals surface area contributed by atoms with Gasteiger partial charge < -0.3 is 10.2 Å². The fourth-order valence-electron chi connectivity index (χ4n) is 1.91. The molecule has 0 saturated carbocycles. The minimum absolute atomic E-state index is 0.582. The number of aryl methyl sites for hydroxylation is 1. The van der Waals surface area contributed by atoms with Crippen LogP contribution in [0, 0.1) is 6.92 Å². The monoisotopic (exact) mass is 302 g/mol. The van der Waals surface area contributed by atoms with Crippen LogP contribution >= 0.6 is 15.9 Å². The highest BCUT2D eigenvalue weighted by molar-refractivity contribution is 9.10. The Kier molecular flexibility index (Phi) is 2.59. The molecule has 0 saturated heterocycles. The Morgan fingerprint density at radius 2 is 2.06 bits per heavy atom. The summed E-state index contributed by atoms with van der Waals surface area (Å²) in [5, 5.41) is 0. The fraction of sp³-hybridized carbons (Fsp3) is 0.0714. The van der Waals surface area contributed by atoms with Crippen LogP contribution in [0.2, 0.25) is 0 Å². The number of hydrogen-bond acceptors (Lipinski definition) is 3. The van der Waals surface area contributed by atoms with E-state index in [4.69, 9.17) is 10.2 Å². The first kappa shape index (κ1) is 11.3. The molecule has 2 N–H and O–H groups in total. The number of para-hydroxylation sites is 1. The molecule has 0 unspecified atom stereocenters. The average molecular weight is 303 g/mol. The molecular weight excluding hydrogens is 292 g/mol. The molecule has 0 amide bonds. The van der Waals surface area contributed by atoms with Gasteiger partial charge in [0.05, 0.1) is 5.56 Å². The summed E-state index contributed by atoms with van der Waals surface area (Å²) in [4.78, 5) is 4.49. The van der Waals surface area contributed by atoms with Gasteiger partial charge in [0.1, 0.15) is 5.52 Å². The smallest absolute Gasteiger partial charge is 0.228 e. The van der Waals surface area contributed by atoms with E-state index in [9.17, 15) is 0 Å². The van der Waals surface area contributed by atoms with Gasteiger partial charge in [-0.05, 0) is 52.7 Å². The van der Waals surface area contributed by atoms with Crippen molar-refractivity contribution in [3.05, 3.63) is 46.4 Å². The molecule has 1 aromatic heterocycles. The van der Waals surface area contributed by atoms with Crippen LogP contribution in [0.5, 0.6) is 0 Å². The standard InChI is InChI=1S/C14H11BrN2O/c1-8-3-2-4-12-13(8)18-14(17-12)10-7-9(16)5-6-11(10)15/h2-7H,16H2,1H3. The molecule has 0 aliphatic carbocycles. The van der Waals surface area contributed by atoms with Crippen molar-refractivity contribution in [2.24, 2.45) is 0 Å². The normalized spacial score (nSPS) is 11.0. The predicted octanol–water partition coefficient (Wildman–Crippen LogP) is 4.15. The van der Waals surface area contributed by atoms with E-state index in [1.165, 1.54) is 0 Å². The first-order valence-electron chi connectivity index (χ1n) is 5.57. The summed E-state index contributed by atoms with van der Waals surface area (Å²) in [6, 6.07) is 11.5. The molecule has 4 heteroatoms. The van der Waals surface area contributed by atoms with Crippen LogP contribution in [-0.4, -0.2) is 4.98 Å². The van der Waals surface area contributed by atoms with Gasteiger partial charge in [0.2, 0.25) is 5.89 Å². The van der Waals surface area contributed by atoms with Crippen LogP contribution in [0.15, 0.2) is 45.3 Å². The molecule has 90 valence electrons. The van der Waals surface area contributed by atoms with Crippen molar-refractivity contribution >= 4 is 32.7 Å². The average Bonchev–Trinajstić information content (AvgIpc) is 2.77. The molecule has 3 aromatic rings. The molecule has 0 aliphatic rings. The SMILES string of the molecule is Cc1cccc2nc(-c3cc(N)ccc3Br)oc12. The maximum atomic E-state index is 5.82. The topological polar surface area (TPSA) is 52.0 Å². The molecule has 0 spiro atoms. The van der Waals surface area contributed by atoms with E-state index < -0.39 is 0 Å². The second kappa shape index (κ2) is 4.14. The van der Waals surface area contributed by atoms with Crippen LogP contribution in [0.1, 0.15) is 5.56 Å². The Bertz CT molecular complexity index is 734. The number of fused-ring (bicyclic) bond motifs is 1. The molecule has 1 heterocycles. The number of nitrogens with two attached hydrogens (primary N) is 1. The molecule has 0 bridgehead atoms. The molecule has 0 fully saturated rings. The summed E-state index contributed by atoms with van der Waals surface area (Å²) in [7, 11) is 0. The summed E-state index contributed by atoms with van der Waals surface area (Å²) in [5.74, 6) is 0.582. The van der Waals surface area contributed by atoms with Gasteiger partial charge in [-0.1, -0.05) is 12.1 Å². The van der Waals surface area contributed by atoms with Crippen LogP contribution in [0.3, 0.4) is 0 Å². The van der Waals surface area contributed by atoms with Gasteiger partial charge >= 0.3 is 0 Å². The molecule has 0 aliphatic heterocycles. The van der Waals surface area contributed by atoms with Crippen LogP contribution in [-0.2, 0) is 0 Å². The highest BCUT2D eigenvalue weighted by Gasteiger charge is 2.12. The molecule has 0 radical (unpaired) electrons. The van der Waals surface area contributed by atoms with Gasteiger partial charge in [-0.15, -0.1) is 0 Å². The van der Waals surface area contributed by atoms with Gasteiger partial charge in [-0.2, -0.15) is 0 Å². The Hall–Kier alpha value is -1.81. The molecule has 0 atom stereocenters. The minimum atomic E-state index is 0.582. The third-order valence-electron chi connectivity index (χ3n) is 2.83. The third kappa shape index (κ3) is 1.78. The highest BCUT2D eigenvalue weighted by atomic mass is 79.9. The number of rotatable bonds is 1. The molecule has 3 nitrogen and oxygen atoms in total. The largest absolute Gasteiger partial charge is 0.436 e. The summed E-state index contributed by atoms with van der Waals surface area (Å²) in [5.41, 5.74) is 10.1. The lowest BCUT2D eigenvalue weighted by molar-refractivity contribution is 0.617. The quantitative estimate of drug-likeness (QED) is 0.687. The first-order valence-corrected chi connectivity index (χ1v) is 6.36. The summed E-state index contributed by atoms with van der Waals surface area (Å²) >= 11 is 3.49. The number of hydrogen-bond donors (Lipinski definition) is 1. The van der Waals surface area contributed by atoms with E-state index >= 15 is 0 Å². The summed E-state index contributed by atoms with van der Waals surface area (Å²) in [6.45, 7) is 2.01. The molecule has 2 aromatic carbocycles. The minimum Gasteiger partial charge on any atom is -0.436 e. The number of nitrogen functional groups attached to an aromatic ring is 1. The number of halogens is 1. The predicted molar refractivity (Wildman–Crippen MR) is 76.3 cm³/mol. The lowest BCUT2D eigenvalue weighted by atomic mass is 10.2. The van der Waals surface area contributed by atoms with Gasteiger partial charge in [0, 0.05) is 10.2 Å². The Morgan fingerprint density at radius 1 is 1.22 bits per heavy atom. The first-order chi connectivity index (χ1) is 8.65. The van der Waals surface area contributed by atoms with E-state index in [0.29, 0.717) is 11.6 Å². The number of nitrogens with zero attached hydrogens (tertiary/aromatic N) is 1. The van der Waals surface area contributed by atoms with E-state index in [0.717, 1.165) is 26.7 Å². The zero-order valence-corrected chi connectivity index (χ0v) is 11.4. The number of aromatic nitrogens is 1. The maximum Gasteiger partial charge on any atom is 0.228 e. The van der Waals surface area contributed by atoms with E-state index in [1.807, 2.05) is 43.3 Å². The Labute approximate surface area is 113 Å². The zero-order valence-electron chi connectivity index (χ0n) is 9.77. The van der Waals surface area contributed by atoms with Crippen molar-refractivity contribution in [1.82, 2.24) is 4.98 Å². The van der Waals surface area contributed by atoms with E-state index in [1.54, 1.807) is 0 Å². The van der Waals surface area contributed by atoms with Crippen molar-refractivity contribution in [2.45, 2.75) is 6.92 Å². The molecular formula is C14H11BrN2O. The van der Waals surface area contributed by atoms with E-state index in [2.05, 4.69) is 20.9 Å². The van der Waals surface area contributed by atoms with Crippen molar-refractivity contribution in [3.63, 3.8) is 0 Å². The Morgan fingerprint density at radius 3 is 2.83 bits per heavy atom. The van der Waals surface area contributed by atoms with Crippen LogP contribution in [0.4, 0.5) is 5.69 Å². The zero-order chi connectivity index (χ0) is 12.7. The van der Waals surface area contributed by atoms with Crippen molar-refractivity contribution < 1.29 is 4.42 Å². The second-order valence-corrected chi connectivity index (χ2v) is 5.04. The van der Waals surface area contributed by atoms with Gasteiger partial charge in [-0.3, -0.25) is 0 Å². The third-order valence-corrected chi connectivity index (χ3v) is 3.52. The van der Waals surface area contributed by atoms with Gasteiger partial charge in [0.25, 0.3) is 0 Å². The number of anilines is 1. The van der Waals surface area contributed by atoms with Crippen molar-refractivity contribution in [3.8, 4) is 11.5 Å². The summed E-state index contributed by atoms with van der Waals surface area (Å²) in [6.07, 6.45) is 0. The lowest BCUT2D eigenvalue weighted by Crippen LogP contribution is -1.86. The second-order valence-electron chi connectivity index (χ2n) is 4.18. The van der Waals surface area contributed by atoms with Crippen LogP contribution < -0.4 is 5.73 Å². The van der Waals surface area contributed by atoms with E-state index in [-0.39, 0.29) is 0 Å². The maximum absolute atomic E-state index is 5.82. The molecule has 3 rings (SSSR count). The number of oxazole rings is 1. The number of benzene rings is 2. The lowest BCUT2D eigenvalue weighted by Gasteiger charge is -2.00. The fourth-order valence-corrected chi connectivity index (χ4v) is 2.32. The molecule has 18 heavy (non-hydrogen) atoms. The van der Waals surface area contributed by atoms with Crippen molar-refractivity contribution in [1.29, 1.82) is 0 Å². The van der Waals surface area contributed by atoms with Gasteiger partial charge in [-0.25, -0.2) is 4.98 Å². The van der Waals surface area contributed by atoms with Crippen molar-refractivity contribution in [2.75, 3.05) is 5.73 Å². The Balaban J connectivity index is 2.26. The summed E-state index contributed by atoms with van der Waals surface area (Å²) < 4.78 is 6.74. The highest BCUT2D eigenvalue weighted by Crippen LogP contribution is 2.32. The van der Waals surface area contributed by atoms with Crippen LogP contribution in [0.25, 0.3) is 22.6 Å². The van der Waals surface area contributed by atoms with Gasteiger partial charge in [0.15, 0.2) is 5.58 Å².